The lowest BCUT2D eigenvalue weighted by Gasteiger charge is -2.16. The lowest BCUT2D eigenvalue weighted by atomic mass is 10.1. The van der Waals surface area contributed by atoms with E-state index in [1.54, 1.807) is 34.9 Å². The van der Waals surface area contributed by atoms with E-state index in [4.69, 9.17) is 11.6 Å². The monoisotopic (exact) mass is 475 g/mol. The van der Waals surface area contributed by atoms with Gasteiger partial charge in [0.15, 0.2) is 5.16 Å². The summed E-state index contributed by atoms with van der Waals surface area (Å²) in [5.74, 6) is 0.169. The zero-order valence-corrected chi connectivity index (χ0v) is 20.2. The molecule has 1 heterocycles. The van der Waals surface area contributed by atoms with Crippen LogP contribution in [0.1, 0.15) is 43.6 Å². The zero-order valence-electron chi connectivity index (χ0n) is 18.6. The van der Waals surface area contributed by atoms with E-state index in [-0.39, 0.29) is 23.1 Å². The molecule has 0 fully saturated rings. The summed E-state index contributed by atoms with van der Waals surface area (Å²) < 4.78 is 15.9. The molecule has 0 spiro atoms. The van der Waals surface area contributed by atoms with Gasteiger partial charge in [-0.1, -0.05) is 57.1 Å². The van der Waals surface area contributed by atoms with Crippen LogP contribution in [0.4, 0.5) is 4.39 Å². The van der Waals surface area contributed by atoms with E-state index in [2.05, 4.69) is 10.3 Å². The molecule has 0 bridgehead atoms. The van der Waals surface area contributed by atoms with Crippen LogP contribution in [-0.2, 0) is 12.3 Å². The van der Waals surface area contributed by atoms with Gasteiger partial charge in [0.05, 0.1) is 10.9 Å². The topological polar surface area (TPSA) is 64.0 Å². The minimum atomic E-state index is -0.396. The Morgan fingerprint density at radius 3 is 2.59 bits per heavy atom. The summed E-state index contributed by atoms with van der Waals surface area (Å²) in [4.78, 5) is 30.4. The van der Waals surface area contributed by atoms with Gasteiger partial charge in [0.2, 0.25) is 0 Å². The van der Waals surface area contributed by atoms with Crippen LogP contribution in [-0.4, -0.2) is 22.0 Å². The van der Waals surface area contributed by atoms with E-state index >= 15 is 0 Å². The number of hydrogen-bond acceptors (Lipinski definition) is 4. The van der Waals surface area contributed by atoms with Crippen molar-refractivity contribution in [1.82, 2.24) is 14.9 Å². The zero-order chi connectivity index (χ0) is 23.4. The summed E-state index contributed by atoms with van der Waals surface area (Å²) in [6, 6.07) is 9.48. The molecule has 8 heteroatoms. The van der Waals surface area contributed by atoms with E-state index in [0.29, 0.717) is 51.2 Å². The highest BCUT2D eigenvalue weighted by Crippen LogP contribution is 2.28. The summed E-state index contributed by atoms with van der Waals surface area (Å²) in [6.45, 7) is 9.11. The molecule has 0 saturated carbocycles. The Balaban J connectivity index is 2.02. The summed E-state index contributed by atoms with van der Waals surface area (Å²) in [7, 11) is 0. The lowest BCUT2D eigenvalue weighted by molar-refractivity contribution is 0.0949. The SMILES string of the molecule is CC(C)CNC(=O)c1ccc2c(=O)n(CC(C)C)c(SCc3c(F)cccc3Cl)nc2c1. The maximum atomic E-state index is 14.2. The van der Waals surface area contributed by atoms with Gasteiger partial charge < -0.3 is 5.32 Å². The maximum absolute atomic E-state index is 14.2. The number of rotatable bonds is 8. The molecule has 3 aromatic rings. The Kier molecular flexibility index (Phi) is 7.96. The summed E-state index contributed by atoms with van der Waals surface area (Å²) in [6.07, 6.45) is 0. The van der Waals surface area contributed by atoms with E-state index in [1.807, 2.05) is 27.7 Å². The molecule has 0 aliphatic heterocycles. The molecule has 5 nitrogen and oxygen atoms in total. The van der Waals surface area contributed by atoms with E-state index in [1.165, 1.54) is 17.8 Å². The molecular weight excluding hydrogens is 449 g/mol. The van der Waals surface area contributed by atoms with Crippen molar-refractivity contribution in [3.8, 4) is 0 Å². The predicted molar refractivity (Wildman–Crippen MR) is 129 cm³/mol. The molecular formula is C24H27ClFN3O2S. The van der Waals surface area contributed by atoms with Crippen LogP contribution in [0.3, 0.4) is 0 Å². The van der Waals surface area contributed by atoms with Crippen LogP contribution in [0.15, 0.2) is 46.3 Å². The number of thioether (sulfide) groups is 1. The van der Waals surface area contributed by atoms with Crippen molar-refractivity contribution in [2.24, 2.45) is 11.8 Å². The van der Waals surface area contributed by atoms with Crippen LogP contribution in [0.25, 0.3) is 10.9 Å². The summed E-state index contributed by atoms with van der Waals surface area (Å²) >= 11 is 7.42. The summed E-state index contributed by atoms with van der Waals surface area (Å²) in [5, 5.41) is 4.12. The Bertz CT molecular complexity index is 1170. The molecule has 2 aromatic carbocycles. The Morgan fingerprint density at radius 1 is 1.19 bits per heavy atom. The third kappa shape index (κ3) is 5.70. The fraction of sp³-hybridized carbons (Fsp3) is 0.375. The fourth-order valence-corrected chi connectivity index (χ4v) is 4.54. The quantitative estimate of drug-likeness (QED) is 0.344. The number of carbonyl (C=O) groups excluding carboxylic acids is 1. The Labute approximate surface area is 196 Å². The van der Waals surface area contributed by atoms with Gasteiger partial charge in [-0.25, -0.2) is 9.37 Å². The van der Waals surface area contributed by atoms with E-state index in [9.17, 15) is 14.0 Å². The highest BCUT2D eigenvalue weighted by Gasteiger charge is 2.16. The molecule has 1 aromatic heterocycles. The summed E-state index contributed by atoms with van der Waals surface area (Å²) in [5.41, 5.74) is 1.07. The van der Waals surface area contributed by atoms with Gasteiger partial charge in [-0.2, -0.15) is 0 Å². The van der Waals surface area contributed by atoms with E-state index in [0.717, 1.165) is 0 Å². The first-order valence-electron chi connectivity index (χ1n) is 10.6. The van der Waals surface area contributed by atoms with Crippen molar-refractivity contribution >= 4 is 40.2 Å². The molecule has 1 N–H and O–H groups in total. The molecule has 0 aliphatic carbocycles. The number of carbonyl (C=O) groups is 1. The Morgan fingerprint density at radius 2 is 1.94 bits per heavy atom. The van der Waals surface area contributed by atoms with Crippen molar-refractivity contribution < 1.29 is 9.18 Å². The van der Waals surface area contributed by atoms with Crippen molar-refractivity contribution in [2.45, 2.75) is 45.1 Å². The van der Waals surface area contributed by atoms with Crippen molar-refractivity contribution in [3.05, 3.63) is 68.7 Å². The second-order valence-electron chi connectivity index (χ2n) is 8.53. The maximum Gasteiger partial charge on any atom is 0.262 e. The van der Waals surface area contributed by atoms with Gasteiger partial charge in [0.25, 0.3) is 11.5 Å². The molecule has 1 amide bonds. The smallest absolute Gasteiger partial charge is 0.262 e. The number of fused-ring (bicyclic) bond motifs is 1. The number of halogens is 2. The first-order chi connectivity index (χ1) is 15.2. The van der Waals surface area contributed by atoms with Gasteiger partial charge in [0, 0.05) is 35.0 Å². The fourth-order valence-electron chi connectivity index (χ4n) is 3.18. The molecule has 0 aliphatic rings. The molecule has 170 valence electrons. The predicted octanol–water partition coefficient (Wildman–Crippen LogP) is 5.52. The van der Waals surface area contributed by atoms with Crippen LogP contribution >= 0.6 is 23.4 Å². The van der Waals surface area contributed by atoms with Gasteiger partial charge in [-0.3, -0.25) is 14.2 Å². The molecule has 0 atom stereocenters. The second-order valence-corrected chi connectivity index (χ2v) is 9.88. The number of nitrogens with zero attached hydrogens (tertiary/aromatic N) is 2. The third-order valence-electron chi connectivity index (χ3n) is 4.81. The minimum absolute atomic E-state index is 0.181. The second kappa shape index (κ2) is 10.5. The van der Waals surface area contributed by atoms with Crippen molar-refractivity contribution in [3.63, 3.8) is 0 Å². The third-order valence-corrected chi connectivity index (χ3v) is 6.17. The van der Waals surface area contributed by atoms with Crippen LogP contribution in [0.2, 0.25) is 5.02 Å². The van der Waals surface area contributed by atoms with Gasteiger partial charge in [0.1, 0.15) is 5.82 Å². The van der Waals surface area contributed by atoms with E-state index < -0.39 is 5.82 Å². The van der Waals surface area contributed by atoms with Crippen LogP contribution in [0.5, 0.6) is 0 Å². The number of amides is 1. The standard InChI is InChI=1S/C24H27ClFN3O2S/c1-14(2)11-27-22(30)16-8-9-17-21(10-16)28-24(29(23(17)31)12-15(3)4)32-13-18-19(25)6-5-7-20(18)26/h5-10,14-15H,11-13H2,1-4H3,(H,27,30). The number of hydrogen-bond donors (Lipinski definition) is 1. The molecule has 0 radical (unpaired) electrons. The van der Waals surface area contributed by atoms with Crippen molar-refractivity contribution in [1.29, 1.82) is 0 Å². The lowest BCUT2D eigenvalue weighted by Crippen LogP contribution is -2.28. The average Bonchev–Trinajstić information content (AvgIpc) is 2.73. The van der Waals surface area contributed by atoms with Gasteiger partial charge in [-0.15, -0.1) is 0 Å². The highest BCUT2D eigenvalue weighted by atomic mass is 35.5. The van der Waals surface area contributed by atoms with Crippen LogP contribution in [0, 0.1) is 17.7 Å². The molecule has 3 rings (SSSR count). The minimum Gasteiger partial charge on any atom is -0.352 e. The Hall–Kier alpha value is -2.38. The first-order valence-corrected chi connectivity index (χ1v) is 11.9. The molecule has 0 unspecified atom stereocenters. The molecule has 0 saturated heterocycles. The normalized spacial score (nSPS) is 11.5. The highest BCUT2D eigenvalue weighted by molar-refractivity contribution is 7.98. The van der Waals surface area contributed by atoms with Gasteiger partial charge in [-0.05, 0) is 42.2 Å². The van der Waals surface area contributed by atoms with Crippen molar-refractivity contribution in [2.75, 3.05) is 6.54 Å². The number of nitrogens with one attached hydrogen (secondary N) is 1. The average molecular weight is 476 g/mol. The van der Waals surface area contributed by atoms with Gasteiger partial charge >= 0.3 is 0 Å². The number of benzene rings is 2. The largest absolute Gasteiger partial charge is 0.352 e. The first kappa shape index (κ1) is 24.3. The van der Waals surface area contributed by atoms with Crippen LogP contribution < -0.4 is 10.9 Å². The number of aromatic nitrogens is 2. The molecule has 32 heavy (non-hydrogen) atoms.